The predicted octanol–water partition coefficient (Wildman–Crippen LogP) is 5.45. The molecular formula is C28H25IN2O8S2. The number of ether oxygens (including phenoxy) is 2. The molecule has 3 amide bonds. The summed E-state index contributed by atoms with van der Waals surface area (Å²) < 4.78 is 42.8. The Labute approximate surface area is 255 Å². The van der Waals surface area contributed by atoms with E-state index in [2.05, 4.69) is 5.32 Å². The van der Waals surface area contributed by atoms with Gasteiger partial charge in [-0.15, -0.1) is 0 Å². The van der Waals surface area contributed by atoms with Gasteiger partial charge in [-0.1, -0.05) is 12.1 Å². The monoisotopic (exact) mass is 708 g/mol. The molecule has 4 rings (SSSR count). The molecule has 0 bridgehead atoms. The number of rotatable bonds is 10. The Kier molecular flexibility index (Phi) is 9.60. The number of carbonyl (C=O) groups is 3. The summed E-state index contributed by atoms with van der Waals surface area (Å²) in [5.74, 6) is 0.00558. The maximum absolute atomic E-state index is 13.0. The molecule has 13 heteroatoms. The van der Waals surface area contributed by atoms with E-state index in [9.17, 15) is 22.8 Å². The first-order chi connectivity index (χ1) is 19.5. The van der Waals surface area contributed by atoms with Gasteiger partial charge in [0.2, 0.25) is 5.91 Å². The number of hydrogen-bond acceptors (Lipinski definition) is 9. The van der Waals surface area contributed by atoms with Gasteiger partial charge in [0.05, 0.1) is 22.1 Å². The largest absolute Gasteiger partial charge is 0.493 e. The molecule has 3 aromatic rings. The topological polar surface area (TPSA) is 128 Å². The van der Waals surface area contributed by atoms with Crippen molar-refractivity contribution in [1.29, 1.82) is 0 Å². The molecule has 214 valence electrons. The number of nitrogens with zero attached hydrogens (tertiary/aromatic N) is 1. The highest BCUT2D eigenvalue weighted by Crippen LogP contribution is 2.38. The molecule has 0 radical (unpaired) electrons. The standard InChI is InChI=1S/C28H25IN2O8S2/c1-17-5-4-6-21(13-17)38-12-11-31-27(33)25(40-28(31)34)16-19-14-23(29)26(24(15-19)37-3)39-41(35,36)22-9-7-20(8-10-22)30-18(2)32/h4-10,13-16H,11-12H2,1-3H3,(H,30,32)/b25-16-. The van der Waals surface area contributed by atoms with E-state index >= 15 is 0 Å². The van der Waals surface area contributed by atoms with Crippen LogP contribution in [-0.4, -0.2) is 50.6 Å². The molecule has 0 saturated carbocycles. The third-order valence-electron chi connectivity index (χ3n) is 5.65. The maximum Gasteiger partial charge on any atom is 0.339 e. The Morgan fingerprint density at radius 2 is 1.83 bits per heavy atom. The summed E-state index contributed by atoms with van der Waals surface area (Å²) in [6, 6.07) is 16.1. The minimum absolute atomic E-state index is 0.0300. The Hall–Kier alpha value is -3.56. The predicted molar refractivity (Wildman–Crippen MR) is 164 cm³/mol. The molecule has 1 aliphatic heterocycles. The van der Waals surface area contributed by atoms with Crippen LogP contribution < -0.4 is 19.0 Å². The van der Waals surface area contributed by atoms with Crippen LogP contribution >= 0.6 is 34.4 Å². The van der Waals surface area contributed by atoms with E-state index < -0.39 is 21.3 Å². The summed E-state index contributed by atoms with van der Waals surface area (Å²) in [7, 11) is -2.88. The van der Waals surface area contributed by atoms with E-state index in [0.29, 0.717) is 20.6 Å². The quantitative estimate of drug-likeness (QED) is 0.166. The first-order valence-corrected chi connectivity index (χ1v) is 15.4. The minimum atomic E-state index is -4.24. The molecule has 1 saturated heterocycles. The summed E-state index contributed by atoms with van der Waals surface area (Å²) >= 11 is 2.71. The lowest BCUT2D eigenvalue weighted by Gasteiger charge is -2.14. The summed E-state index contributed by atoms with van der Waals surface area (Å²) in [6.07, 6.45) is 1.54. The molecule has 1 heterocycles. The number of thioether (sulfide) groups is 1. The molecule has 1 N–H and O–H groups in total. The van der Waals surface area contributed by atoms with Crippen LogP contribution in [0.15, 0.2) is 70.5 Å². The highest BCUT2D eigenvalue weighted by atomic mass is 127. The molecule has 1 fully saturated rings. The molecule has 41 heavy (non-hydrogen) atoms. The molecule has 0 spiro atoms. The van der Waals surface area contributed by atoms with Gasteiger partial charge in [0.25, 0.3) is 11.1 Å². The first kappa shape index (κ1) is 30.4. The van der Waals surface area contributed by atoms with Gasteiger partial charge in [-0.3, -0.25) is 19.3 Å². The number of hydrogen-bond donors (Lipinski definition) is 1. The zero-order valence-electron chi connectivity index (χ0n) is 22.2. The van der Waals surface area contributed by atoms with Crippen LogP contribution in [0.4, 0.5) is 10.5 Å². The van der Waals surface area contributed by atoms with E-state index in [0.717, 1.165) is 22.2 Å². The number of carbonyl (C=O) groups excluding carboxylic acids is 3. The van der Waals surface area contributed by atoms with Crippen molar-refractivity contribution >= 4 is 73.3 Å². The molecule has 3 aromatic carbocycles. The second kappa shape index (κ2) is 13.0. The fourth-order valence-corrected chi connectivity index (χ4v) is 6.48. The van der Waals surface area contributed by atoms with Crippen LogP contribution in [0.1, 0.15) is 18.1 Å². The average molecular weight is 709 g/mol. The fourth-order valence-electron chi connectivity index (χ4n) is 3.77. The van der Waals surface area contributed by atoms with Gasteiger partial charge in [0.15, 0.2) is 11.5 Å². The summed E-state index contributed by atoms with van der Waals surface area (Å²) in [5, 5.41) is 2.16. The van der Waals surface area contributed by atoms with Crippen molar-refractivity contribution in [2.45, 2.75) is 18.7 Å². The van der Waals surface area contributed by atoms with Crippen molar-refractivity contribution in [2.24, 2.45) is 0 Å². The number of halogens is 1. The Balaban J connectivity index is 1.48. The van der Waals surface area contributed by atoms with Gasteiger partial charge >= 0.3 is 10.1 Å². The Bertz CT molecular complexity index is 1640. The van der Waals surface area contributed by atoms with Crippen molar-refractivity contribution in [1.82, 2.24) is 4.90 Å². The van der Waals surface area contributed by atoms with Gasteiger partial charge in [0, 0.05) is 12.6 Å². The number of aryl methyl sites for hydroxylation is 1. The average Bonchev–Trinajstić information content (AvgIpc) is 3.17. The number of imide groups is 1. The van der Waals surface area contributed by atoms with E-state index in [1.54, 1.807) is 12.1 Å². The van der Waals surface area contributed by atoms with Crippen LogP contribution in [0.5, 0.6) is 17.2 Å². The summed E-state index contributed by atoms with van der Waals surface area (Å²) in [6.45, 7) is 3.53. The Morgan fingerprint density at radius 3 is 2.49 bits per heavy atom. The normalized spacial score (nSPS) is 14.3. The van der Waals surface area contributed by atoms with Crippen LogP contribution in [-0.2, 0) is 19.7 Å². The molecule has 0 unspecified atom stereocenters. The second-order valence-corrected chi connectivity index (χ2v) is 12.5. The first-order valence-electron chi connectivity index (χ1n) is 12.1. The van der Waals surface area contributed by atoms with Crippen molar-refractivity contribution < 1.29 is 36.5 Å². The highest BCUT2D eigenvalue weighted by molar-refractivity contribution is 14.1. The third kappa shape index (κ3) is 7.59. The van der Waals surface area contributed by atoms with Crippen LogP contribution in [0.2, 0.25) is 0 Å². The smallest absolute Gasteiger partial charge is 0.339 e. The molecule has 0 atom stereocenters. The van der Waals surface area contributed by atoms with Crippen molar-refractivity contribution in [3.05, 3.63) is 80.3 Å². The lowest BCUT2D eigenvalue weighted by atomic mass is 10.2. The van der Waals surface area contributed by atoms with Crippen molar-refractivity contribution in [3.8, 4) is 17.2 Å². The third-order valence-corrected chi connectivity index (χ3v) is 8.60. The second-order valence-electron chi connectivity index (χ2n) is 8.78. The van der Waals surface area contributed by atoms with Crippen LogP contribution in [0, 0.1) is 10.5 Å². The van der Waals surface area contributed by atoms with Gasteiger partial charge in [0.1, 0.15) is 17.3 Å². The summed E-state index contributed by atoms with van der Waals surface area (Å²) in [5.41, 5.74) is 1.99. The van der Waals surface area contributed by atoms with E-state index in [-0.39, 0.29) is 40.4 Å². The van der Waals surface area contributed by atoms with Crippen molar-refractivity contribution in [3.63, 3.8) is 0 Å². The van der Waals surface area contributed by atoms with E-state index in [1.165, 1.54) is 50.4 Å². The number of methoxy groups -OCH3 is 1. The number of amides is 3. The molecule has 0 aliphatic carbocycles. The molecule has 1 aliphatic rings. The zero-order valence-corrected chi connectivity index (χ0v) is 26.0. The van der Waals surface area contributed by atoms with Crippen LogP contribution in [0.25, 0.3) is 6.08 Å². The van der Waals surface area contributed by atoms with Crippen molar-refractivity contribution in [2.75, 3.05) is 25.6 Å². The van der Waals surface area contributed by atoms with Gasteiger partial charge in [-0.05, 0) is 107 Å². The Morgan fingerprint density at radius 1 is 1.10 bits per heavy atom. The van der Waals surface area contributed by atoms with Gasteiger partial charge in [-0.25, -0.2) is 0 Å². The van der Waals surface area contributed by atoms with E-state index in [4.69, 9.17) is 13.7 Å². The minimum Gasteiger partial charge on any atom is -0.493 e. The molecule has 10 nitrogen and oxygen atoms in total. The fraction of sp³-hybridized carbons (Fsp3) is 0.179. The van der Waals surface area contributed by atoms with Crippen LogP contribution in [0.3, 0.4) is 0 Å². The van der Waals surface area contributed by atoms with E-state index in [1.807, 2.05) is 47.7 Å². The number of benzene rings is 3. The number of anilines is 1. The summed E-state index contributed by atoms with van der Waals surface area (Å²) in [4.78, 5) is 37.9. The lowest BCUT2D eigenvalue weighted by Crippen LogP contribution is -2.32. The van der Waals surface area contributed by atoms with Gasteiger partial charge in [-0.2, -0.15) is 8.42 Å². The lowest BCUT2D eigenvalue weighted by molar-refractivity contribution is -0.123. The molecule has 0 aromatic heterocycles. The van der Waals surface area contributed by atoms with Gasteiger partial charge < -0.3 is 19.0 Å². The highest BCUT2D eigenvalue weighted by Gasteiger charge is 2.35. The zero-order chi connectivity index (χ0) is 29.7. The number of nitrogens with one attached hydrogen (secondary N) is 1. The SMILES string of the molecule is COc1cc(/C=C2\SC(=O)N(CCOc3cccc(C)c3)C2=O)cc(I)c1OS(=O)(=O)c1ccc(NC(C)=O)cc1. The maximum atomic E-state index is 13.0. The molecular weight excluding hydrogens is 683 g/mol.